The number of ether oxygens (including phenoxy) is 1. The molecule has 0 aliphatic rings. The number of carbonyl (C=O) groups excluding carboxylic acids is 1. The summed E-state index contributed by atoms with van der Waals surface area (Å²) in [4.78, 5) is 11.5. The first-order valence-corrected chi connectivity index (χ1v) is 5.19. The third kappa shape index (κ3) is 5.10. The third-order valence-electron chi connectivity index (χ3n) is 1.30. The molecule has 0 heterocycles. The van der Waals surface area contributed by atoms with Gasteiger partial charge in [0.25, 0.3) is 0 Å². The fraction of sp³-hybridized carbons (Fsp3) is 0.778. The van der Waals surface area contributed by atoms with E-state index in [2.05, 4.69) is 0 Å². The Morgan fingerprint density at radius 2 is 2.07 bits per heavy atom. The lowest BCUT2D eigenvalue weighted by molar-refractivity contribution is -0.154. The summed E-state index contributed by atoms with van der Waals surface area (Å²) in [7, 11) is 0. The first-order chi connectivity index (χ1) is 6.28. The number of esters is 1. The van der Waals surface area contributed by atoms with E-state index in [0.29, 0.717) is 0 Å². The van der Waals surface area contributed by atoms with Gasteiger partial charge in [-0.15, -0.1) is 0 Å². The minimum atomic E-state index is -0.612. The summed E-state index contributed by atoms with van der Waals surface area (Å²) in [5, 5.41) is 9.72. The summed E-state index contributed by atoms with van der Waals surface area (Å²) in [5.74, 6) is -0.431. The summed E-state index contributed by atoms with van der Waals surface area (Å²) >= 11 is 0.839. The van der Waals surface area contributed by atoms with E-state index in [1.807, 2.05) is 5.40 Å². The Morgan fingerprint density at radius 1 is 1.57 bits per heavy atom. The molecule has 0 aromatic heterocycles. The van der Waals surface area contributed by atoms with Crippen molar-refractivity contribution >= 4 is 17.7 Å². The van der Waals surface area contributed by atoms with Crippen LogP contribution in [0.15, 0.2) is 0 Å². The zero-order valence-corrected chi connectivity index (χ0v) is 9.72. The number of nitrogens with zero attached hydrogens (tertiary/aromatic N) is 1. The van der Waals surface area contributed by atoms with Gasteiger partial charge in [-0.3, -0.25) is 4.79 Å². The van der Waals surface area contributed by atoms with Gasteiger partial charge >= 0.3 is 5.97 Å². The van der Waals surface area contributed by atoms with Crippen LogP contribution < -0.4 is 5.73 Å². The van der Waals surface area contributed by atoms with E-state index in [9.17, 15) is 4.79 Å². The fourth-order valence-electron chi connectivity index (χ4n) is 0.787. The molecule has 2 unspecified atom stereocenters. The molecular weight excluding hydrogens is 200 g/mol. The predicted octanol–water partition coefficient (Wildman–Crippen LogP) is 1.26. The Bertz CT molecular complexity index is 240. The number of nitrogens with two attached hydrogens (primary N) is 1. The smallest absolute Gasteiger partial charge is 0.322 e. The van der Waals surface area contributed by atoms with Crippen molar-refractivity contribution < 1.29 is 9.53 Å². The molecule has 0 saturated carbocycles. The highest BCUT2D eigenvalue weighted by molar-refractivity contribution is 8.05. The molecule has 0 aliphatic carbocycles. The number of thiocyanates is 1. The maximum Gasteiger partial charge on any atom is 0.322 e. The average molecular weight is 216 g/mol. The van der Waals surface area contributed by atoms with Crippen LogP contribution in [-0.4, -0.2) is 22.9 Å². The van der Waals surface area contributed by atoms with Crippen LogP contribution in [-0.2, 0) is 9.53 Å². The SMILES string of the molecule is CC(N)C(SC#N)C(=O)OC(C)(C)C. The largest absolute Gasteiger partial charge is 0.459 e. The Morgan fingerprint density at radius 3 is 2.36 bits per heavy atom. The van der Waals surface area contributed by atoms with E-state index in [1.54, 1.807) is 27.7 Å². The zero-order chi connectivity index (χ0) is 11.4. The quantitative estimate of drug-likeness (QED) is 0.567. The number of thioether (sulfide) groups is 1. The summed E-state index contributed by atoms with van der Waals surface area (Å²) < 4.78 is 5.12. The molecule has 5 heteroatoms. The second-order valence-electron chi connectivity index (χ2n) is 4.02. The third-order valence-corrected chi connectivity index (χ3v) is 2.28. The van der Waals surface area contributed by atoms with Gasteiger partial charge in [-0.1, -0.05) is 0 Å². The molecule has 0 amide bonds. The first kappa shape index (κ1) is 13.3. The molecule has 0 rings (SSSR count). The van der Waals surface area contributed by atoms with Crippen molar-refractivity contribution in [3.8, 4) is 5.40 Å². The summed E-state index contributed by atoms with van der Waals surface area (Å²) in [6, 6.07) is -0.394. The van der Waals surface area contributed by atoms with E-state index in [1.165, 1.54) is 0 Å². The molecule has 0 aromatic carbocycles. The molecule has 2 atom stereocenters. The summed E-state index contributed by atoms with van der Waals surface area (Å²) in [6.45, 7) is 7.01. The number of nitriles is 1. The van der Waals surface area contributed by atoms with Gasteiger partial charge in [-0.05, 0) is 39.5 Å². The van der Waals surface area contributed by atoms with Crippen LogP contribution in [0.1, 0.15) is 27.7 Å². The van der Waals surface area contributed by atoms with Crippen LogP contribution >= 0.6 is 11.8 Å². The summed E-state index contributed by atoms with van der Waals surface area (Å²) in [5.41, 5.74) is 5.03. The van der Waals surface area contributed by atoms with Crippen LogP contribution in [0.5, 0.6) is 0 Å². The Kier molecular flexibility index (Phi) is 4.95. The van der Waals surface area contributed by atoms with Crippen LogP contribution in [0.4, 0.5) is 0 Å². The van der Waals surface area contributed by atoms with Crippen molar-refractivity contribution in [3.63, 3.8) is 0 Å². The van der Waals surface area contributed by atoms with E-state index in [-0.39, 0.29) is 0 Å². The number of hydrogen-bond donors (Lipinski definition) is 1. The van der Waals surface area contributed by atoms with Gasteiger partial charge in [0.15, 0.2) is 0 Å². The monoisotopic (exact) mass is 216 g/mol. The minimum absolute atomic E-state index is 0.394. The van der Waals surface area contributed by atoms with Crippen molar-refractivity contribution in [3.05, 3.63) is 0 Å². The molecule has 0 aliphatic heterocycles. The van der Waals surface area contributed by atoms with Crippen molar-refractivity contribution in [2.24, 2.45) is 5.73 Å². The highest BCUT2D eigenvalue weighted by atomic mass is 32.2. The topological polar surface area (TPSA) is 76.1 Å². The predicted molar refractivity (Wildman–Crippen MR) is 56.5 cm³/mol. The van der Waals surface area contributed by atoms with Crippen LogP contribution in [0, 0.1) is 10.7 Å². The van der Waals surface area contributed by atoms with Gasteiger partial charge in [0, 0.05) is 6.04 Å². The molecule has 0 aromatic rings. The van der Waals surface area contributed by atoms with Crippen LogP contribution in [0.3, 0.4) is 0 Å². The van der Waals surface area contributed by atoms with Gasteiger partial charge in [0.1, 0.15) is 16.3 Å². The molecule has 0 fully saturated rings. The fourth-order valence-corrected chi connectivity index (χ4v) is 1.26. The molecule has 80 valence electrons. The van der Waals surface area contributed by atoms with E-state index >= 15 is 0 Å². The highest BCUT2D eigenvalue weighted by Crippen LogP contribution is 2.17. The molecule has 0 bridgehead atoms. The van der Waals surface area contributed by atoms with Crippen LogP contribution in [0.25, 0.3) is 0 Å². The second-order valence-corrected chi connectivity index (χ2v) is 4.95. The van der Waals surface area contributed by atoms with Gasteiger partial charge in [-0.2, -0.15) is 5.26 Å². The molecule has 0 radical (unpaired) electrons. The van der Waals surface area contributed by atoms with Crippen molar-refractivity contribution in [1.82, 2.24) is 0 Å². The maximum absolute atomic E-state index is 11.5. The molecular formula is C9H16N2O2S. The highest BCUT2D eigenvalue weighted by Gasteiger charge is 2.28. The van der Waals surface area contributed by atoms with Crippen molar-refractivity contribution in [1.29, 1.82) is 5.26 Å². The van der Waals surface area contributed by atoms with Gasteiger partial charge in [0.05, 0.1) is 0 Å². The normalized spacial score (nSPS) is 15.4. The first-order valence-electron chi connectivity index (χ1n) is 4.31. The van der Waals surface area contributed by atoms with Crippen molar-refractivity contribution in [2.75, 3.05) is 0 Å². The second kappa shape index (κ2) is 5.23. The van der Waals surface area contributed by atoms with Crippen LogP contribution in [0.2, 0.25) is 0 Å². The van der Waals surface area contributed by atoms with Gasteiger partial charge in [0.2, 0.25) is 0 Å². The Hall–Kier alpha value is -0.730. The molecule has 14 heavy (non-hydrogen) atoms. The average Bonchev–Trinajstić information content (AvgIpc) is 1.95. The van der Waals surface area contributed by atoms with E-state index < -0.39 is 22.9 Å². The number of hydrogen-bond acceptors (Lipinski definition) is 5. The van der Waals surface area contributed by atoms with E-state index in [4.69, 9.17) is 15.7 Å². The lowest BCUT2D eigenvalue weighted by Gasteiger charge is -2.23. The maximum atomic E-state index is 11.5. The Labute approximate surface area is 88.8 Å². The molecule has 0 spiro atoms. The summed E-state index contributed by atoms with van der Waals surface area (Å²) in [6.07, 6.45) is 0. The molecule has 0 saturated heterocycles. The number of rotatable bonds is 3. The standard InChI is InChI=1S/C9H16N2O2S/c1-6(11)7(14-5-10)8(12)13-9(2,3)4/h6-7H,11H2,1-4H3. The molecule has 4 nitrogen and oxygen atoms in total. The number of carbonyl (C=O) groups is 1. The minimum Gasteiger partial charge on any atom is -0.459 e. The van der Waals surface area contributed by atoms with Crippen molar-refractivity contribution in [2.45, 2.75) is 44.6 Å². The lowest BCUT2D eigenvalue weighted by atomic mass is 10.2. The Balaban J connectivity index is 4.39. The lowest BCUT2D eigenvalue weighted by Crippen LogP contribution is -2.39. The molecule has 2 N–H and O–H groups in total. The van der Waals surface area contributed by atoms with E-state index in [0.717, 1.165) is 11.8 Å². The zero-order valence-electron chi connectivity index (χ0n) is 8.90. The van der Waals surface area contributed by atoms with Gasteiger partial charge < -0.3 is 10.5 Å². The van der Waals surface area contributed by atoms with Gasteiger partial charge in [-0.25, -0.2) is 0 Å².